The van der Waals surface area contributed by atoms with E-state index >= 15 is 0 Å². The van der Waals surface area contributed by atoms with Gasteiger partial charge in [0, 0.05) is 12.1 Å². The van der Waals surface area contributed by atoms with E-state index in [9.17, 15) is 0 Å². The highest BCUT2D eigenvalue weighted by atomic mass is 14.9. The van der Waals surface area contributed by atoms with Crippen molar-refractivity contribution in [1.29, 1.82) is 0 Å². The van der Waals surface area contributed by atoms with Gasteiger partial charge in [-0.3, -0.25) is 0 Å². The highest BCUT2D eigenvalue weighted by molar-refractivity contribution is 4.61. The molecule has 0 aliphatic heterocycles. The fraction of sp³-hybridized carbons (Fsp3) is 1.00. The third-order valence-electron chi connectivity index (χ3n) is 2.64. The van der Waals surface area contributed by atoms with Crippen LogP contribution in [-0.2, 0) is 0 Å². The van der Waals surface area contributed by atoms with Crippen LogP contribution in [0.5, 0.6) is 0 Å². The summed E-state index contributed by atoms with van der Waals surface area (Å²) in [4.78, 5) is 0. The second-order valence-electron chi connectivity index (χ2n) is 4.81. The van der Waals surface area contributed by atoms with Crippen molar-refractivity contribution in [2.24, 2.45) is 0 Å². The zero-order valence-corrected chi connectivity index (χ0v) is 11.1. The van der Waals surface area contributed by atoms with Gasteiger partial charge in [0.05, 0.1) is 0 Å². The summed E-state index contributed by atoms with van der Waals surface area (Å²) in [7, 11) is 0. The zero-order chi connectivity index (χ0) is 11.5. The fourth-order valence-electron chi connectivity index (χ4n) is 1.60. The number of nitrogens with one attached hydrogen (secondary N) is 2. The Kier molecular flexibility index (Phi) is 10.4. The van der Waals surface area contributed by atoms with E-state index in [0.717, 1.165) is 6.54 Å². The van der Waals surface area contributed by atoms with Gasteiger partial charge in [0.2, 0.25) is 0 Å². The molecule has 0 fully saturated rings. The van der Waals surface area contributed by atoms with Crippen LogP contribution in [0.4, 0.5) is 0 Å². The van der Waals surface area contributed by atoms with Crippen molar-refractivity contribution in [1.82, 2.24) is 10.6 Å². The van der Waals surface area contributed by atoms with Crippen molar-refractivity contribution in [3.63, 3.8) is 0 Å². The molecule has 92 valence electrons. The minimum Gasteiger partial charge on any atom is -0.315 e. The summed E-state index contributed by atoms with van der Waals surface area (Å²) in [6.07, 6.45) is 6.55. The lowest BCUT2D eigenvalue weighted by Crippen LogP contribution is -2.28. The third-order valence-corrected chi connectivity index (χ3v) is 2.64. The van der Waals surface area contributed by atoms with Gasteiger partial charge in [-0.25, -0.2) is 0 Å². The van der Waals surface area contributed by atoms with E-state index in [2.05, 4.69) is 38.3 Å². The van der Waals surface area contributed by atoms with Crippen molar-refractivity contribution in [3.8, 4) is 0 Å². The minimum absolute atomic E-state index is 0.626. The van der Waals surface area contributed by atoms with Gasteiger partial charge in [-0.1, -0.05) is 33.6 Å². The molecule has 0 spiro atoms. The van der Waals surface area contributed by atoms with Crippen LogP contribution < -0.4 is 10.6 Å². The maximum Gasteiger partial charge on any atom is 0.00387 e. The second kappa shape index (κ2) is 10.4. The predicted molar refractivity (Wildman–Crippen MR) is 69.4 cm³/mol. The van der Waals surface area contributed by atoms with Crippen LogP contribution in [0.2, 0.25) is 0 Å². The van der Waals surface area contributed by atoms with E-state index in [0.29, 0.717) is 12.1 Å². The van der Waals surface area contributed by atoms with Crippen molar-refractivity contribution < 1.29 is 0 Å². The molecule has 0 rings (SSSR count). The summed E-state index contributed by atoms with van der Waals surface area (Å²) in [5, 5.41) is 7.02. The molecule has 0 amide bonds. The van der Waals surface area contributed by atoms with Crippen LogP contribution in [0.3, 0.4) is 0 Å². The summed E-state index contributed by atoms with van der Waals surface area (Å²) >= 11 is 0. The summed E-state index contributed by atoms with van der Waals surface area (Å²) in [5.41, 5.74) is 0. The number of rotatable bonds is 10. The first kappa shape index (κ1) is 14.9. The van der Waals surface area contributed by atoms with Gasteiger partial charge >= 0.3 is 0 Å². The highest BCUT2D eigenvalue weighted by Gasteiger charge is 1.99. The fourth-order valence-corrected chi connectivity index (χ4v) is 1.60. The van der Waals surface area contributed by atoms with E-state index in [1.54, 1.807) is 0 Å². The molecule has 0 bridgehead atoms. The largest absolute Gasteiger partial charge is 0.315 e. The highest BCUT2D eigenvalue weighted by Crippen LogP contribution is 1.99. The van der Waals surface area contributed by atoms with Gasteiger partial charge in [0.15, 0.2) is 0 Å². The van der Waals surface area contributed by atoms with Crippen LogP contribution in [-0.4, -0.2) is 25.2 Å². The van der Waals surface area contributed by atoms with Gasteiger partial charge in [-0.15, -0.1) is 0 Å². The average molecular weight is 214 g/mol. The molecule has 2 N–H and O–H groups in total. The smallest absolute Gasteiger partial charge is 0.00387 e. The molecule has 0 aromatic carbocycles. The maximum atomic E-state index is 3.58. The molecule has 1 unspecified atom stereocenters. The summed E-state index contributed by atoms with van der Waals surface area (Å²) in [5.74, 6) is 0. The minimum atomic E-state index is 0.626. The monoisotopic (exact) mass is 214 g/mol. The van der Waals surface area contributed by atoms with E-state index in [1.807, 2.05) is 0 Å². The first-order chi connectivity index (χ1) is 7.16. The molecule has 2 heteroatoms. The molecule has 0 saturated carbocycles. The van der Waals surface area contributed by atoms with Crippen molar-refractivity contribution in [3.05, 3.63) is 0 Å². The Bertz CT molecular complexity index is 124. The predicted octanol–water partition coefficient (Wildman–Crippen LogP) is 2.93. The van der Waals surface area contributed by atoms with Crippen LogP contribution in [0, 0.1) is 0 Å². The molecular weight excluding hydrogens is 184 g/mol. The van der Waals surface area contributed by atoms with Gasteiger partial charge in [0.25, 0.3) is 0 Å². The molecule has 0 saturated heterocycles. The lowest BCUT2D eigenvalue weighted by Gasteiger charge is -2.13. The normalized spacial score (nSPS) is 13.4. The SMILES string of the molecule is CCCCC(C)NCCCCNC(C)C. The average Bonchev–Trinajstić information content (AvgIpc) is 2.19. The van der Waals surface area contributed by atoms with Gasteiger partial charge < -0.3 is 10.6 Å². The number of unbranched alkanes of at least 4 members (excludes halogenated alkanes) is 2. The van der Waals surface area contributed by atoms with Crippen molar-refractivity contribution in [2.45, 2.75) is 71.9 Å². The molecular formula is C13H30N2. The Morgan fingerprint density at radius 1 is 0.867 bits per heavy atom. The maximum absolute atomic E-state index is 3.58. The molecule has 0 aliphatic carbocycles. The molecule has 0 aromatic heterocycles. The Morgan fingerprint density at radius 3 is 2.00 bits per heavy atom. The molecule has 1 atom stereocenters. The quantitative estimate of drug-likeness (QED) is 0.546. The standard InChI is InChI=1S/C13H30N2/c1-5-6-9-13(4)15-11-8-7-10-14-12(2)3/h12-15H,5-11H2,1-4H3. The van der Waals surface area contributed by atoms with E-state index < -0.39 is 0 Å². The van der Waals surface area contributed by atoms with Gasteiger partial charge in [0.1, 0.15) is 0 Å². The molecule has 0 aromatic rings. The zero-order valence-electron chi connectivity index (χ0n) is 11.1. The van der Waals surface area contributed by atoms with Crippen LogP contribution in [0.25, 0.3) is 0 Å². The summed E-state index contributed by atoms with van der Waals surface area (Å²) < 4.78 is 0. The van der Waals surface area contributed by atoms with Crippen LogP contribution >= 0.6 is 0 Å². The Labute approximate surface area is 96.2 Å². The molecule has 0 heterocycles. The summed E-state index contributed by atoms with van der Waals surface area (Å²) in [6, 6.07) is 1.32. The van der Waals surface area contributed by atoms with Crippen molar-refractivity contribution >= 4 is 0 Å². The van der Waals surface area contributed by atoms with E-state index in [1.165, 1.54) is 38.6 Å². The summed E-state index contributed by atoms with van der Waals surface area (Å²) in [6.45, 7) is 11.3. The lowest BCUT2D eigenvalue weighted by molar-refractivity contribution is 0.475. The Hall–Kier alpha value is -0.0800. The van der Waals surface area contributed by atoms with Crippen LogP contribution in [0.15, 0.2) is 0 Å². The van der Waals surface area contributed by atoms with Gasteiger partial charge in [-0.05, 0) is 39.3 Å². The number of hydrogen-bond donors (Lipinski definition) is 2. The van der Waals surface area contributed by atoms with E-state index in [-0.39, 0.29) is 0 Å². The lowest BCUT2D eigenvalue weighted by atomic mass is 10.1. The number of hydrogen-bond acceptors (Lipinski definition) is 2. The molecule has 0 radical (unpaired) electrons. The van der Waals surface area contributed by atoms with Gasteiger partial charge in [-0.2, -0.15) is 0 Å². The second-order valence-corrected chi connectivity index (χ2v) is 4.81. The Morgan fingerprint density at radius 2 is 1.47 bits per heavy atom. The van der Waals surface area contributed by atoms with Crippen LogP contribution in [0.1, 0.15) is 59.8 Å². The Balaban J connectivity index is 3.09. The molecule has 2 nitrogen and oxygen atoms in total. The first-order valence-corrected chi connectivity index (χ1v) is 6.63. The van der Waals surface area contributed by atoms with Crippen molar-refractivity contribution in [2.75, 3.05) is 13.1 Å². The third kappa shape index (κ3) is 11.8. The van der Waals surface area contributed by atoms with E-state index in [4.69, 9.17) is 0 Å². The first-order valence-electron chi connectivity index (χ1n) is 6.63. The molecule has 15 heavy (non-hydrogen) atoms. The topological polar surface area (TPSA) is 24.1 Å². The molecule has 0 aliphatic rings.